The zero-order chi connectivity index (χ0) is 13.4. The molecule has 0 unspecified atom stereocenters. The highest BCUT2D eigenvalue weighted by Crippen LogP contribution is 2.28. The molecule has 0 aliphatic rings. The van der Waals surface area contributed by atoms with Crippen molar-refractivity contribution < 1.29 is 14.4 Å². The lowest BCUT2D eigenvalue weighted by atomic mass is 10.2. The van der Waals surface area contributed by atoms with E-state index < -0.39 is 4.92 Å². The number of alkyl halides is 1. The standard InChI is InChI=1S/C12H16BrNO4/c1-2-17-6-3-7-18-12-8-10(9-13)4-5-11(12)14(15)16/h4-5,8H,2-3,6-7,9H2,1H3. The average Bonchev–Trinajstić information content (AvgIpc) is 2.38. The van der Waals surface area contributed by atoms with Gasteiger partial charge in [-0.05, 0) is 18.6 Å². The van der Waals surface area contributed by atoms with Gasteiger partial charge in [0.1, 0.15) is 0 Å². The third-order valence-corrected chi connectivity index (χ3v) is 2.92. The molecule has 18 heavy (non-hydrogen) atoms. The van der Waals surface area contributed by atoms with Gasteiger partial charge in [-0.15, -0.1) is 0 Å². The number of benzene rings is 1. The molecule has 100 valence electrons. The first-order chi connectivity index (χ1) is 8.69. The van der Waals surface area contributed by atoms with E-state index in [1.807, 2.05) is 6.92 Å². The predicted octanol–water partition coefficient (Wildman–Crippen LogP) is 3.30. The number of nitrogens with zero attached hydrogens (tertiary/aromatic N) is 1. The number of halogens is 1. The fourth-order valence-electron chi connectivity index (χ4n) is 1.40. The molecule has 0 aromatic heterocycles. The zero-order valence-electron chi connectivity index (χ0n) is 10.2. The highest BCUT2D eigenvalue weighted by molar-refractivity contribution is 9.08. The highest BCUT2D eigenvalue weighted by Gasteiger charge is 2.15. The van der Waals surface area contributed by atoms with Crippen LogP contribution in [0.3, 0.4) is 0 Å². The molecule has 0 amide bonds. The molecule has 0 aliphatic heterocycles. The van der Waals surface area contributed by atoms with Crippen molar-refractivity contribution in [1.82, 2.24) is 0 Å². The van der Waals surface area contributed by atoms with E-state index in [2.05, 4.69) is 15.9 Å². The maximum absolute atomic E-state index is 10.8. The van der Waals surface area contributed by atoms with Crippen molar-refractivity contribution >= 4 is 21.6 Å². The van der Waals surface area contributed by atoms with Crippen molar-refractivity contribution in [3.8, 4) is 5.75 Å². The second kappa shape index (κ2) is 8.05. The van der Waals surface area contributed by atoms with Gasteiger partial charge in [-0.1, -0.05) is 22.0 Å². The summed E-state index contributed by atoms with van der Waals surface area (Å²) in [6, 6.07) is 4.86. The Labute approximate surface area is 114 Å². The van der Waals surface area contributed by atoms with Crippen LogP contribution in [-0.2, 0) is 10.1 Å². The van der Waals surface area contributed by atoms with Crippen LogP contribution < -0.4 is 4.74 Å². The molecule has 0 bridgehead atoms. The van der Waals surface area contributed by atoms with Crippen LogP contribution in [-0.4, -0.2) is 24.7 Å². The van der Waals surface area contributed by atoms with Crippen molar-refractivity contribution in [2.45, 2.75) is 18.7 Å². The number of hydrogen-bond acceptors (Lipinski definition) is 4. The molecule has 0 saturated carbocycles. The lowest BCUT2D eigenvalue weighted by Gasteiger charge is -2.08. The Morgan fingerprint density at radius 1 is 1.39 bits per heavy atom. The van der Waals surface area contributed by atoms with Crippen LogP contribution in [0.4, 0.5) is 5.69 Å². The molecule has 1 rings (SSSR count). The predicted molar refractivity (Wildman–Crippen MR) is 72.3 cm³/mol. The molecule has 5 nitrogen and oxygen atoms in total. The third kappa shape index (κ3) is 4.62. The molecule has 1 aromatic rings. The van der Waals surface area contributed by atoms with Gasteiger partial charge in [-0.25, -0.2) is 0 Å². The maximum Gasteiger partial charge on any atom is 0.310 e. The highest BCUT2D eigenvalue weighted by atomic mass is 79.9. The Morgan fingerprint density at radius 3 is 2.78 bits per heavy atom. The van der Waals surface area contributed by atoms with Gasteiger partial charge in [0.15, 0.2) is 5.75 Å². The molecule has 0 spiro atoms. The summed E-state index contributed by atoms with van der Waals surface area (Å²) in [6.45, 7) is 3.60. The van der Waals surface area contributed by atoms with E-state index in [0.717, 1.165) is 5.56 Å². The SMILES string of the molecule is CCOCCCOc1cc(CBr)ccc1[N+](=O)[O-]. The summed E-state index contributed by atoms with van der Waals surface area (Å²) in [4.78, 5) is 10.4. The second-order valence-corrected chi connectivity index (χ2v) is 4.15. The zero-order valence-corrected chi connectivity index (χ0v) is 11.8. The Kier molecular flexibility index (Phi) is 6.67. The fraction of sp³-hybridized carbons (Fsp3) is 0.500. The minimum Gasteiger partial charge on any atom is -0.487 e. The van der Waals surface area contributed by atoms with Crippen LogP contribution in [0.25, 0.3) is 0 Å². The van der Waals surface area contributed by atoms with Gasteiger partial charge in [0.2, 0.25) is 0 Å². The van der Waals surface area contributed by atoms with Gasteiger partial charge in [-0.2, -0.15) is 0 Å². The number of nitro benzene ring substituents is 1. The summed E-state index contributed by atoms with van der Waals surface area (Å²) in [5.41, 5.74) is 0.941. The van der Waals surface area contributed by atoms with Gasteiger partial charge in [-0.3, -0.25) is 10.1 Å². The van der Waals surface area contributed by atoms with Crippen molar-refractivity contribution in [1.29, 1.82) is 0 Å². The minimum absolute atomic E-state index is 0.00360. The van der Waals surface area contributed by atoms with Crippen molar-refractivity contribution in [3.63, 3.8) is 0 Å². The first kappa shape index (κ1) is 14.9. The molecule has 0 atom stereocenters. The molecule has 0 radical (unpaired) electrons. The molecule has 0 fully saturated rings. The van der Waals surface area contributed by atoms with Gasteiger partial charge >= 0.3 is 5.69 Å². The van der Waals surface area contributed by atoms with Crippen molar-refractivity contribution in [2.75, 3.05) is 19.8 Å². The molecular weight excluding hydrogens is 302 g/mol. The van der Waals surface area contributed by atoms with Crippen LogP contribution in [0, 0.1) is 10.1 Å². The fourth-order valence-corrected chi connectivity index (χ4v) is 1.74. The van der Waals surface area contributed by atoms with Crippen LogP contribution in [0.2, 0.25) is 0 Å². The summed E-state index contributed by atoms with van der Waals surface area (Å²) in [7, 11) is 0. The lowest BCUT2D eigenvalue weighted by molar-refractivity contribution is -0.385. The number of ether oxygens (including phenoxy) is 2. The summed E-state index contributed by atoms with van der Waals surface area (Å²) < 4.78 is 10.6. The van der Waals surface area contributed by atoms with E-state index >= 15 is 0 Å². The second-order valence-electron chi connectivity index (χ2n) is 3.59. The van der Waals surface area contributed by atoms with E-state index in [1.165, 1.54) is 6.07 Å². The van der Waals surface area contributed by atoms with Crippen molar-refractivity contribution in [2.24, 2.45) is 0 Å². The van der Waals surface area contributed by atoms with Crippen LogP contribution in [0.5, 0.6) is 5.75 Å². The third-order valence-electron chi connectivity index (χ3n) is 2.27. The monoisotopic (exact) mass is 317 g/mol. The summed E-state index contributed by atoms with van der Waals surface area (Å²) in [6.07, 6.45) is 0.712. The summed E-state index contributed by atoms with van der Waals surface area (Å²) in [5.74, 6) is 0.313. The number of rotatable bonds is 8. The van der Waals surface area contributed by atoms with Crippen LogP contribution in [0.1, 0.15) is 18.9 Å². The van der Waals surface area contributed by atoms with Crippen molar-refractivity contribution in [3.05, 3.63) is 33.9 Å². The summed E-state index contributed by atoms with van der Waals surface area (Å²) >= 11 is 3.31. The minimum atomic E-state index is -0.435. The Morgan fingerprint density at radius 2 is 2.17 bits per heavy atom. The van der Waals surface area contributed by atoms with E-state index in [-0.39, 0.29) is 5.69 Å². The van der Waals surface area contributed by atoms with E-state index in [4.69, 9.17) is 9.47 Å². The molecule has 0 N–H and O–H groups in total. The van der Waals surface area contributed by atoms with Gasteiger partial charge in [0.25, 0.3) is 0 Å². The van der Waals surface area contributed by atoms with Gasteiger partial charge in [0, 0.05) is 31.0 Å². The first-order valence-electron chi connectivity index (χ1n) is 5.72. The Hall–Kier alpha value is -1.14. The first-order valence-corrected chi connectivity index (χ1v) is 6.85. The number of hydrogen-bond donors (Lipinski definition) is 0. The van der Waals surface area contributed by atoms with Gasteiger partial charge < -0.3 is 9.47 Å². The van der Waals surface area contributed by atoms with E-state index in [9.17, 15) is 10.1 Å². The summed E-state index contributed by atoms with van der Waals surface area (Å²) in [5, 5.41) is 11.5. The smallest absolute Gasteiger partial charge is 0.310 e. The molecule has 6 heteroatoms. The molecule has 0 heterocycles. The molecule has 0 aliphatic carbocycles. The normalized spacial score (nSPS) is 10.3. The quantitative estimate of drug-likeness (QED) is 0.319. The van der Waals surface area contributed by atoms with Crippen LogP contribution in [0.15, 0.2) is 18.2 Å². The topological polar surface area (TPSA) is 61.6 Å². The molecule has 1 aromatic carbocycles. The van der Waals surface area contributed by atoms with E-state index in [1.54, 1.807) is 12.1 Å². The molecular formula is C12H16BrNO4. The molecule has 0 saturated heterocycles. The lowest BCUT2D eigenvalue weighted by Crippen LogP contribution is -2.04. The number of nitro groups is 1. The Balaban J connectivity index is 2.63. The van der Waals surface area contributed by atoms with Gasteiger partial charge in [0.05, 0.1) is 11.5 Å². The maximum atomic E-state index is 10.8. The average molecular weight is 318 g/mol. The van der Waals surface area contributed by atoms with Crippen LogP contribution >= 0.6 is 15.9 Å². The Bertz CT molecular complexity index is 398. The van der Waals surface area contributed by atoms with E-state index in [0.29, 0.717) is 37.3 Å². The largest absolute Gasteiger partial charge is 0.487 e.